The summed E-state index contributed by atoms with van der Waals surface area (Å²) in [4.78, 5) is 0. The van der Waals surface area contributed by atoms with Crippen LogP contribution in [0.25, 0.3) is 22.3 Å². The van der Waals surface area contributed by atoms with Crippen LogP contribution >= 0.6 is 0 Å². The monoisotopic (exact) mass is 321 g/mol. The SMILES string of the molecule is c1ccc(-c2ccccc2Nc2ccccc2-c2ccccc2)cc1. The van der Waals surface area contributed by atoms with Gasteiger partial charge in [-0.2, -0.15) is 0 Å². The molecule has 4 aromatic carbocycles. The third-order valence-corrected chi connectivity index (χ3v) is 4.29. The van der Waals surface area contributed by atoms with Crippen molar-refractivity contribution in [1.29, 1.82) is 0 Å². The van der Waals surface area contributed by atoms with E-state index in [0.717, 1.165) is 11.4 Å². The lowest BCUT2D eigenvalue weighted by Gasteiger charge is -2.15. The van der Waals surface area contributed by atoms with E-state index < -0.39 is 0 Å². The molecule has 0 fully saturated rings. The average molecular weight is 321 g/mol. The molecule has 1 nitrogen and oxygen atoms in total. The summed E-state index contributed by atoms with van der Waals surface area (Å²) >= 11 is 0. The van der Waals surface area contributed by atoms with Gasteiger partial charge in [0.2, 0.25) is 0 Å². The number of rotatable bonds is 4. The maximum Gasteiger partial charge on any atom is 0.0464 e. The number of benzene rings is 4. The lowest BCUT2D eigenvalue weighted by molar-refractivity contribution is 1.52. The molecule has 1 N–H and O–H groups in total. The summed E-state index contributed by atoms with van der Waals surface area (Å²) in [6, 6.07) is 37.8. The van der Waals surface area contributed by atoms with Gasteiger partial charge in [0.15, 0.2) is 0 Å². The van der Waals surface area contributed by atoms with Crippen LogP contribution in [0, 0.1) is 0 Å². The standard InChI is InChI=1S/C24H19N/c1-3-11-19(12-4-1)21-15-7-9-17-23(21)25-24-18-10-8-16-22(24)20-13-5-2-6-14-20/h1-18,25H. The van der Waals surface area contributed by atoms with Crippen LogP contribution in [0.1, 0.15) is 0 Å². The highest BCUT2D eigenvalue weighted by molar-refractivity contribution is 5.86. The second-order valence-electron chi connectivity index (χ2n) is 5.95. The van der Waals surface area contributed by atoms with Crippen molar-refractivity contribution < 1.29 is 0 Å². The molecule has 0 aliphatic heterocycles. The second kappa shape index (κ2) is 7.06. The van der Waals surface area contributed by atoms with Gasteiger partial charge in [0, 0.05) is 22.5 Å². The molecular weight excluding hydrogens is 302 g/mol. The van der Waals surface area contributed by atoms with E-state index in [0.29, 0.717) is 0 Å². The average Bonchev–Trinajstić information content (AvgIpc) is 2.70. The minimum atomic E-state index is 1.11. The molecule has 0 saturated heterocycles. The fraction of sp³-hybridized carbons (Fsp3) is 0. The molecule has 0 aliphatic carbocycles. The molecule has 0 spiro atoms. The van der Waals surface area contributed by atoms with Gasteiger partial charge in [0.05, 0.1) is 0 Å². The van der Waals surface area contributed by atoms with Crippen LogP contribution in [0.4, 0.5) is 11.4 Å². The Hall–Kier alpha value is -3.32. The summed E-state index contributed by atoms with van der Waals surface area (Å²) in [5.74, 6) is 0. The van der Waals surface area contributed by atoms with Crippen molar-refractivity contribution in [1.82, 2.24) is 0 Å². The van der Waals surface area contributed by atoms with Crippen molar-refractivity contribution >= 4 is 11.4 Å². The molecule has 120 valence electrons. The number of anilines is 2. The third-order valence-electron chi connectivity index (χ3n) is 4.29. The van der Waals surface area contributed by atoms with Crippen molar-refractivity contribution in [3.63, 3.8) is 0 Å². The minimum absolute atomic E-state index is 1.11. The first kappa shape index (κ1) is 15.2. The smallest absolute Gasteiger partial charge is 0.0464 e. The van der Waals surface area contributed by atoms with Gasteiger partial charge in [-0.1, -0.05) is 97.1 Å². The van der Waals surface area contributed by atoms with Gasteiger partial charge in [-0.15, -0.1) is 0 Å². The first-order chi connectivity index (χ1) is 12.4. The van der Waals surface area contributed by atoms with Crippen LogP contribution in [0.15, 0.2) is 109 Å². The summed E-state index contributed by atoms with van der Waals surface area (Å²) in [5, 5.41) is 3.64. The van der Waals surface area contributed by atoms with E-state index in [-0.39, 0.29) is 0 Å². The number of hydrogen-bond acceptors (Lipinski definition) is 1. The Balaban J connectivity index is 1.76. The van der Waals surface area contributed by atoms with Crippen molar-refractivity contribution in [3.8, 4) is 22.3 Å². The van der Waals surface area contributed by atoms with Crippen LogP contribution in [-0.2, 0) is 0 Å². The Morgan fingerprint density at radius 3 is 1.16 bits per heavy atom. The molecule has 0 bridgehead atoms. The van der Waals surface area contributed by atoms with Gasteiger partial charge in [-0.3, -0.25) is 0 Å². The van der Waals surface area contributed by atoms with Crippen molar-refractivity contribution in [2.24, 2.45) is 0 Å². The van der Waals surface area contributed by atoms with Gasteiger partial charge in [-0.05, 0) is 23.3 Å². The number of nitrogens with one attached hydrogen (secondary N) is 1. The largest absolute Gasteiger partial charge is 0.355 e. The maximum atomic E-state index is 3.64. The Morgan fingerprint density at radius 2 is 0.720 bits per heavy atom. The minimum Gasteiger partial charge on any atom is -0.355 e. The van der Waals surface area contributed by atoms with Crippen LogP contribution in [-0.4, -0.2) is 0 Å². The third kappa shape index (κ3) is 3.31. The molecule has 0 atom stereocenters. The fourth-order valence-corrected chi connectivity index (χ4v) is 3.07. The highest BCUT2D eigenvalue weighted by atomic mass is 14.9. The lowest BCUT2D eigenvalue weighted by Crippen LogP contribution is -1.95. The van der Waals surface area contributed by atoms with Gasteiger partial charge >= 0.3 is 0 Å². The molecule has 0 aliphatic rings. The molecule has 25 heavy (non-hydrogen) atoms. The highest BCUT2D eigenvalue weighted by Gasteiger charge is 2.08. The molecule has 0 heterocycles. The van der Waals surface area contributed by atoms with Gasteiger partial charge in [0.25, 0.3) is 0 Å². The Kier molecular flexibility index (Phi) is 4.30. The van der Waals surface area contributed by atoms with E-state index in [4.69, 9.17) is 0 Å². The molecule has 0 saturated carbocycles. The molecule has 0 amide bonds. The lowest BCUT2D eigenvalue weighted by atomic mass is 10.0. The van der Waals surface area contributed by atoms with Crippen molar-refractivity contribution in [2.75, 3.05) is 5.32 Å². The normalized spacial score (nSPS) is 10.4. The summed E-state index contributed by atoms with van der Waals surface area (Å²) in [5.41, 5.74) is 7.04. The van der Waals surface area contributed by atoms with E-state index in [1.807, 2.05) is 12.1 Å². The predicted molar refractivity (Wildman–Crippen MR) is 107 cm³/mol. The van der Waals surface area contributed by atoms with Crippen LogP contribution < -0.4 is 5.32 Å². The molecule has 0 unspecified atom stereocenters. The number of para-hydroxylation sites is 2. The van der Waals surface area contributed by atoms with E-state index in [2.05, 4.69) is 102 Å². The molecule has 4 aromatic rings. The Morgan fingerprint density at radius 1 is 0.360 bits per heavy atom. The van der Waals surface area contributed by atoms with Crippen LogP contribution in [0.3, 0.4) is 0 Å². The second-order valence-corrected chi connectivity index (χ2v) is 5.95. The molecular formula is C24H19N. The zero-order chi connectivity index (χ0) is 16.9. The van der Waals surface area contributed by atoms with Gasteiger partial charge in [0.1, 0.15) is 0 Å². The summed E-state index contributed by atoms with van der Waals surface area (Å²) < 4.78 is 0. The quantitative estimate of drug-likeness (QED) is 0.437. The van der Waals surface area contributed by atoms with Crippen molar-refractivity contribution in [3.05, 3.63) is 109 Å². The molecule has 4 rings (SSSR count). The van der Waals surface area contributed by atoms with Gasteiger partial charge < -0.3 is 5.32 Å². The van der Waals surface area contributed by atoms with Crippen LogP contribution in [0.5, 0.6) is 0 Å². The fourth-order valence-electron chi connectivity index (χ4n) is 3.07. The zero-order valence-electron chi connectivity index (χ0n) is 13.9. The van der Waals surface area contributed by atoms with E-state index in [1.165, 1.54) is 22.3 Å². The first-order valence-corrected chi connectivity index (χ1v) is 8.48. The summed E-state index contributed by atoms with van der Waals surface area (Å²) in [6.07, 6.45) is 0. The Bertz CT molecular complexity index is 878. The van der Waals surface area contributed by atoms with E-state index >= 15 is 0 Å². The predicted octanol–water partition coefficient (Wildman–Crippen LogP) is 6.76. The van der Waals surface area contributed by atoms with Crippen LogP contribution in [0.2, 0.25) is 0 Å². The number of hydrogen-bond donors (Lipinski definition) is 1. The highest BCUT2D eigenvalue weighted by Crippen LogP contribution is 2.34. The topological polar surface area (TPSA) is 12.0 Å². The zero-order valence-corrected chi connectivity index (χ0v) is 13.9. The summed E-state index contributed by atoms with van der Waals surface area (Å²) in [6.45, 7) is 0. The maximum absolute atomic E-state index is 3.64. The van der Waals surface area contributed by atoms with E-state index in [9.17, 15) is 0 Å². The molecule has 0 aromatic heterocycles. The molecule has 0 radical (unpaired) electrons. The summed E-state index contributed by atoms with van der Waals surface area (Å²) in [7, 11) is 0. The first-order valence-electron chi connectivity index (χ1n) is 8.48. The van der Waals surface area contributed by atoms with Gasteiger partial charge in [-0.25, -0.2) is 0 Å². The van der Waals surface area contributed by atoms with Crippen molar-refractivity contribution in [2.45, 2.75) is 0 Å². The Labute approximate surface area is 148 Å². The van der Waals surface area contributed by atoms with E-state index in [1.54, 1.807) is 0 Å². The molecule has 1 heteroatoms.